The third-order valence-electron chi connectivity index (χ3n) is 5.28. The molecule has 41 heavy (non-hydrogen) atoms. The van der Waals surface area contributed by atoms with Gasteiger partial charge in [0.15, 0.2) is 0 Å². The number of carbonyl (C=O) groups excluding carboxylic acids is 2. The number of aromatic carboxylic acids is 1. The van der Waals surface area contributed by atoms with Crippen molar-refractivity contribution in [2.45, 2.75) is 35.7 Å². The Balaban J connectivity index is 1.94. The molecule has 218 valence electrons. The molecule has 0 saturated carbocycles. The lowest BCUT2D eigenvalue weighted by Crippen LogP contribution is -2.22. The summed E-state index contributed by atoms with van der Waals surface area (Å²) in [6.45, 7) is -0.0527. The molecule has 3 rings (SSSR count). The van der Waals surface area contributed by atoms with Crippen LogP contribution in [-0.2, 0) is 28.5 Å². The van der Waals surface area contributed by atoms with Gasteiger partial charge in [-0.05, 0) is 36.4 Å². The number of carboxylic acid groups (broad SMARTS) is 1. The van der Waals surface area contributed by atoms with E-state index in [9.17, 15) is 45.8 Å². The molecule has 0 aromatic heterocycles. The largest absolute Gasteiger partial charge is 0.496 e. The Bertz CT molecular complexity index is 1480. The van der Waals surface area contributed by atoms with Gasteiger partial charge in [-0.25, -0.2) is 9.59 Å². The smallest absolute Gasteiger partial charge is 0.418 e. The fraction of sp³-hybridized carbons (Fsp3) is 0.192. The molecule has 0 saturated heterocycles. The molecule has 0 aliphatic rings. The normalized spacial score (nSPS) is 11.5. The van der Waals surface area contributed by atoms with Crippen LogP contribution in [0.25, 0.3) is 0 Å². The Morgan fingerprint density at radius 2 is 1.54 bits per heavy atom. The number of benzene rings is 3. The number of alkyl halides is 6. The second-order valence-electron chi connectivity index (χ2n) is 8.17. The van der Waals surface area contributed by atoms with E-state index in [4.69, 9.17) is 9.47 Å². The van der Waals surface area contributed by atoms with Crippen LogP contribution in [0, 0.1) is 0 Å². The van der Waals surface area contributed by atoms with Gasteiger partial charge >= 0.3 is 24.4 Å². The second-order valence-corrected chi connectivity index (χ2v) is 9.25. The molecular formula is C26H20F6N2O6S. The first-order valence-electron chi connectivity index (χ1n) is 11.3. The van der Waals surface area contributed by atoms with Crippen molar-refractivity contribution in [3.63, 3.8) is 0 Å². The summed E-state index contributed by atoms with van der Waals surface area (Å²) >= 11 is 0.420. The van der Waals surface area contributed by atoms with Crippen molar-refractivity contribution in [3.05, 3.63) is 76.9 Å². The molecule has 0 aliphatic heterocycles. The Labute approximate surface area is 232 Å². The number of carboxylic acids is 1. The van der Waals surface area contributed by atoms with Crippen LogP contribution in [-0.4, -0.2) is 30.2 Å². The molecule has 3 aromatic rings. The number of para-hydroxylation sites is 1. The maximum absolute atomic E-state index is 14.1. The first kappa shape index (κ1) is 31.1. The predicted molar refractivity (Wildman–Crippen MR) is 135 cm³/mol. The van der Waals surface area contributed by atoms with Crippen molar-refractivity contribution in [2.24, 2.45) is 0 Å². The van der Waals surface area contributed by atoms with E-state index >= 15 is 0 Å². The Hall–Kier alpha value is -4.40. The number of rotatable bonds is 8. The monoisotopic (exact) mass is 602 g/mol. The number of amides is 2. The molecule has 0 atom stereocenters. The number of ether oxygens (including phenoxy) is 2. The van der Waals surface area contributed by atoms with Gasteiger partial charge < -0.3 is 19.9 Å². The van der Waals surface area contributed by atoms with Crippen LogP contribution in [0.2, 0.25) is 0 Å². The third-order valence-corrected chi connectivity index (χ3v) is 6.39. The van der Waals surface area contributed by atoms with Crippen molar-refractivity contribution >= 4 is 41.1 Å². The van der Waals surface area contributed by atoms with Gasteiger partial charge in [-0.1, -0.05) is 30.0 Å². The summed E-state index contributed by atoms with van der Waals surface area (Å²) in [5, 5.41) is 13.8. The van der Waals surface area contributed by atoms with Crippen LogP contribution in [0.1, 0.15) is 34.0 Å². The second kappa shape index (κ2) is 12.4. The molecule has 0 radical (unpaired) electrons. The number of anilines is 2. The molecular weight excluding hydrogens is 582 g/mol. The summed E-state index contributed by atoms with van der Waals surface area (Å²) in [5.74, 6) is -1.88. The molecule has 3 aromatic carbocycles. The fourth-order valence-electron chi connectivity index (χ4n) is 3.66. The lowest BCUT2D eigenvalue weighted by atomic mass is 10.00. The third kappa shape index (κ3) is 7.84. The minimum Gasteiger partial charge on any atom is -0.496 e. The van der Waals surface area contributed by atoms with Crippen molar-refractivity contribution in [2.75, 3.05) is 17.7 Å². The molecule has 0 aliphatic carbocycles. The highest BCUT2D eigenvalue weighted by Gasteiger charge is 2.47. The molecule has 0 fully saturated rings. The number of methoxy groups -OCH3 is 1. The highest BCUT2D eigenvalue weighted by Crippen LogP contribution is 2.49. The highest BCUT2D eigenvalue weighted by molar-refractivity contribution is 7.99. The zero-order valence-electron chi connectivity index (χ0n) is 21.1. The SMILES string of the molecule is COc1ccccc1Sc1ccc(COC(=O)Nc2ccc(NC(C)=O)cc2C(=O)O)c(C(F)(F)F)c1C(F)(F)F. The van der Waals surface area contributed by atoms with E-state index in [-0.39, 0.29) is 22.0 Å². The Kier molecular flexibility index (Phi) is 9.42. The highest BCUT2D eigenvalue weighted by atomic mass is 32.2. The number of halogens is 6. The summed E-state index contributed by atoms with van der Waals surface area (Å²) in [7, 11) is 1.26. The molecule has 0 spiro atoms. The fourth-order valence-corrected chi connectivity index (χ4v) is 4.75. The van der Waals surface area contributed by atoms with Crippen molar-refractivity contribution in [1.82, 2.24) is 0 Å². The molecule has 8 nitrogen and oxygen atoms in total. The minimum absolute atomic E-state index is 0.0781. The summed E-state index contributed by atoms with van der Waals surface area (Å²) in [6, 6.07) is 10.7. The van der Waals surface area contributed by atoms with E-state index in [0.29, 0.717) is 11.8 Å². The molecule has 0 unspecified atom stereocenters. The summed E-state index contributed by atoms with van der Waals surface area (Å²) in [4.78, 5) is 34.5. The molecule has 0 heterocycles. The zero-order valence-corrected chi connectivity index (χ0v) is 21.9. The quantitative estimate of drug-likeness (QED) is 0.232. The standard InChI is InChI=1S/C26H20F6N2O6S/c1-13(35)33-15-8-9-17(16(11-15)23(36)37)34-24(38)40-12-14-7-10-20(41-19-6-4-3-5-18(19)39-2)22(26(30,31)32)21(14)25(27,28)29/h3-11H,12H2,1-2H3,(H,33,35)(H,34,38)(H,36,37). The first-order valence-corrected chi connectivity index (χ1v) is 12.1. The van der Waals surface area contributed by atoms with Crippen LogP contribution in [0.3, 0.4) is 0 Å². The van der Waals surface area contributed by atoms with Gasteiger partial charge in [-0.3, -0.25) is 10.1 Å². The predicted octanol–water partition coefficient (Wildman–Crippen LogP) is 7.29. The van der Waals surface area contributed by atoms with E-state index in [1.54, 1.807) is 0 Å². The van der Waals surface area contributed by atoms with Gasteiger partial charge in [0.2, 0.25) is 5.91 Å². The number of nitrogens with one attached hydrogen (secondary N) is 2. The van der Waals surface area contributed by atoms with Gasteiger partial charge in [0.1, 0.15) is 12.4 Å². The molecule has 2 amide bonds. The van der Waals surface area contributed by atoms with Crippen molar-refractivity contribution < 1.29 is 55.3 Å². The van der Waals surface area contributed by atoms with Crippen LogP contribution < -0.4 is 15.4 Å². The van der Waals surface area contributed by atoms with Gasteiger partial charge in [0.25, 0.3) is 0 Å². The number of hydrogen-bond donors (Lipinski definition) is 3. The van der Waals surface area contributed by atoms with Crippen LogP contribution in [0.5, 0.6) is 5.75 Å². The van der Waals surface area contributed by atoms with Crippen molar-refractivity contribution in [3.8, 4) is 5.75 Å². The maximum atomic E-state index is 14.1. The van der Waals surface area contributed by atoms with Gasteiger partial charge in [0.05, 0.1) is 34.4 Å². The lowest BCUT2D eigenvalue weighted by molar-refractivity contribution is -0.164. The van der Waals surface area contributed by atoms with E-state index in [1.807, 2.05) is 5.32 Å². The zero-order chi connectivity index (χ0) is 30.5. The maximum Gasteiger partial charge on any atom is 0.418 e. The van der Waals surface area contributed by atoms with E-state index < -0.39 is 64.1 Å². The van der Waals surface area contributed by atoms with Gasteiger partial charge in [0, 0.05) is 23.1 Å². The average Bonchev–Trinajstić information content (AvgIpc) is 2.87. The first-order chi connectivity index (χ1) is 19.1. The summed E-state index contributed by atoms with van der Waals surface area (Å²) in [6.07, 6.45) is -12.4. The minimum atomic E-state index is -5.49. The van der Waals surface area contributed by atoms with Crippen LogP contribution >= 0.6 is 11.8 Å². The molecule has 15 heteroatoms. The average molecular weight is 603 g/mol. The lowest BCUT2D eigenvalue weighted by Gasteiger charge is -2.22. The topological polar surface area (TPSA) is 114 Å². The van der Waals surface area contributed by atoms with Crippen LogP contribution in [0.15, 0.2) is 64.4 Å². The van der Waals surface area contributed by atoms with Gasteiger partial charge in [-0.2, -0.15) is 26.3 Å². The Morgan fingerprint density at radius 3 is 2.12 bits per heavy atom. The Morgan fingerprint density at radius 1 is 0.878 bits per heavy atom. The molecule has 3 N–H and O–H groups in total. The summed E-state index contributed by atoms with van der Waals surface area (Å²) < 4.78 is 94.2. The number of hydrogen-bond acceptors (Lipinski definition) is 6. The van der Waals surface area contributed by atoms with E-state index in [1.165, 1.54) is 44.4 Å². The van der Waals surface area contributed by atoms with Crippen LogP contribution in [0.4, 0.5) is 42.5 Å². The van der Waals surface area contributed by atoms with Crippen molar-refractivity contribution in [1.29, 1.82) is 0 Å². The molecule has 0 bridgehead atoms. The van der Waals surface area contributed by atoms with Gasteiger partial charge in [-0.15, -0.1) is 0 Å². The van der Waals surface area contributed by atoms with E-state index in [2.05, 4.69) is 5.32 Å². The summed E-state index contributed by atoms with van der Waals surface area (Å²) in [5.41, 5.74) is -5.75. The van der Waals surface area contributed by atoms with E-state index in [0.717, 1.165) is 24.3 Å². The number of carbonyl (C=O) groups is 3.